The maximum absolute atomic E-state index is 9.91. The zero-order chi connectivity index (χ0) is 32.1. The molecule has 3 aromatic carbocycles. The van der Waals surface area contributed by atoms with E-state index in [1.165, 1.54) is 6.42 Å². The summed E-state index contributed by atoms with van der Waals surface area (Å²) in [4.78, 5) is 19.1. The molecule has 0 spiro atoms. The van der Waals surface area contributed by atoms with E-state index < -0.39 is 0 Å². The van der Waals surface area contributed by atoms with Crippen LogP contribution in [0, 0.1) is 13.8 Å². The Kier molecular flexibility index (Phi) is 7.89. The Labute approximate surface area is 279 Å². The van der Waals surface area contributed by atoms with Crippen LogP contribution in [0.1, 0.15) is 35.1 Å². The lowest BCUT2D eigenvalue weighted by Gasteiger charge is -2.30. The number of rotatable bonds is 8. The van der Waals surface area contributed by atoms with Gasteiger partial charge in [-0.05, 0) is 110 Å². The number of halogens is 1. The summed E-state index contributed by atoms with van der Waals surface area (Å²) in [5.41, 5.74) is 10.8. The molecule has 2 aliphatic heterocycles. The number of pyridine rings is 2. The second kappa shape index (κ2) is 12.4. The number of hydrogen-bond acceptors (Lipinski definition) is 8. The monoisotopic (exact) mass is 644 g/mol. The molecule has 47 heavy (non-hydrogen) atoms. The van der Waals surface area contributed by atoms with Crippen LogP contribution in [0.3, 0.4) is 0 Å². The molecule has 5 heterocycles. The summed E-state index contributed by atoms with van der Waals surface area (Å²) in [6.45, 7) is 9.78. The Morgan fingerprint density at radius 3 is 2.47 bits per heavy atom. The van der Waals surface area contributed by atoms with E-state index >= 15 is 0 Å². The molecular formula is C38H37ClN6O2. The lowest BCUT2D eigenvalue weighted by atomic mass is 9.93. The van der Waals surface area contributed by atoms with E-state index in [4.69, 9.17) is 26.0 Å². The molecule has 8 rings (SSSR count). The molecular weight excluding hydrogens is 608 g/mol. The smallest absolute Gasteiger partial charge is 0.227 e. The number of benzene rings is 3. The Morgan fingerprint density at radius 1 is 0.894 bits per heavy atom. The van der Waals surface area contributed by atoms with Crippen molar-refractivity contribution >= 4 is 45.1 Å². The van der Waals surface area contributed by atoms with Gasteiger partial charge in [0.1, 0.15) is 11.0 Å². The number of nitrogens with one attached hydrogen (secondary N) is 1. The number of fused-ring (bicyclic) bond motifs is 2. The zero-order valence-electron chi connectivity index (χ0n) is 26.6. The number of anilines is 2. The van der Waals surface area contributed by atoms with Crippen molar-refractivity contribution in [3.05, 3.63) is 100 Å². The molecule has 9 heteroatoms. The van der Waals surface area contributed by atoms with Gasteiger partial charge in [0.05, 0.1) is 11.1 Å². The van der Waals surface area contributed by atoms with Crippen molar-refractivity contribution in [1.29, 1.82) is 0 Å². The summed E-state index contributed by atoms with van der Waals surface area (Å²) >= 11 is 6.68. The molecule has 8 nitrogen and oxygen atoms in total. The molecule has 0 radical (unpaired) electrons. The molecule has 0 bridgehead atoms. The van der Waals surface area contributed by atoms with Crippen molar-refractivity contribution in [1.82, 2.24) is 24.8 Å². The number of aromatic nitrogens is 3. The van der Waals surface area contributed by atoms with E-state index in [0.29, 0.717) is 28.9 Å². The predicted octanol–water partition coefficient (Wildman–Crippen LogP) is 7.89. The molecule has 0 amide bonds. The van der Waals surface area contributed by atoms with Gasteiger partial charge in [0.25, 0.3) is 0 Å². The number of oxazole rings is 1. The summed E-state index contributed by atoms with van der Waals surface area (Å²) < 4.78 is 6.28. The number of likely N-dealkylation sites (tertiary alicyclic amines) is 2. The molecule has 3 aromatic heterocycles. The molecule has 2 fully saturated rings. The minimum Gasteiger partial charge on any atom is -0.434 e. The SMILES string of the molecule is Cc1c(Nc2nccc3cc(CN4CC[C@H](O)C4)cnc23)cccc1-c1cccc(-c2nc3cc(CN4CCC4)cc(Cl)c3o2)c1C. The number of nitrogens with zero attached hydrogens (tertiary/aromatic N) is 5. The highest BCUT2D eigenvalue weighted by molar-refractivity contribution is 6.34. The second-order valence-corrected chi connectivity index (χ2v) is 13.3. The topological polar surface area (TPSA) is 90.5 Å². The van der Waals surface area contributed by atoms with Crippen LogP contribution in [-0.2, 0) is 13.1 Å². The molecule has 0 unspecified atom stereocenters. The number of aliphatic hydroxyl groups is 1. The van der Waals surface area contributed by atoms with Gasteiger partial charge in [0.15, 0.2) is 11.4 Å². The zero-order valence-corrected chi connectivity index (χ0v) is 27.4. The van der Waals surface area contributed by atoms with Crippen molar-refractivity contribution in [2.75, 3.05) is 31.5 Å². The van der Waals surface area contributed by atoms with Crippen LogP contribution in [0.2, 0.25) is 5.02 Å². The summed E-state index contributed by atoms with van der Waals surface area (Å²) in [6.07, 6.45) is 5.59. The van der Waals surface area contributed by atoms with Gasteiger partial charge in [-0.3, -0.25) is 14.8 Å². The highest BCUT2D eigenvalue weighted by atomic mass is 35.5. The first-order valence-electron chi connectivity index (χ1n) is 16.3. The molecule has 0 aliphatic carbocycles. The molecule has 2 aliphatic rings. The van der Waals surface area contributed by atoms with Gasteiger partial charge >= 0.3 is 0 Å². The van der Waals surface area contributed by atoms with Crippen LogP contribution in [0.5, 0.6) is 0 Å². The van der Waals surface area contributed by atoms with Crippen molar-refractivity contribution < 1.29 is 9.52 Å². The van der Waals surface area contributed by atoms with Crippen LogP contribution in [0.15, 0.2) is 77.5 Å². The maximum Gasteiger partial charge on any atom is 0.227 e. The molecule has 0 saturated carbocycles. The Bertz CT molecular complexity index is 2120. The fraction of sp³-hybridized carbons (Fsp3) is 0.289. The predicted molar refractivity (Wildman–Crippen MR) is 188 cm³/mol. The van der Waals surface area contributed by atoms with Crippen molar-refractivity contribution in [2.24, 2.45) is 0 Å². The number of hydrogen-bond donors (Lipinski definition) is 2. The second-order valence-electron chi connectivity index (χ2n) is 12.9. The van der Waals surface area contributed by atoms with Crippen molar-refractivity contribution in [2.45, 2.75) is 45.9 Å². The van der Waals surface area contributed by atoms with E-state index in [0.717, 1.165) is 100 Å². The van der Waals surface area contributed by atoms with Gasteiger partial charge in [-0.2, -0.15) is 0 Å². The minimum atomic E-state index is -0.233. The first-order chi connectivity index (χ1) is 22.9. The van der Waals surface area contributed by atoms with Crippen molar-refractivity contribution in [3.63, 3.8) is 0 Å². The lowest BCUT2D eigenvalue weighted by Crippen LogP contribution is -2.36. The summed E-state index contributed by atoms with van der Waals surface area (Å²) in [5.74, 6) is 1.29. The minimum absolute atomic E-state index is 0.233. The van der Waals surface area contributed by atoms with Gasteiger partial charge in [0.2, 0.25) is 5.89 Å². The van der Waals surface area contributed by atoms with Crippen LogP contribution >= 0.6 is 11.6 Å². The third kappa shape index (κ3) is 5.87. The Morgan fingerprint density at radius 2 is 1.68 bits per heavy atom. The van der Waals surface area contributed by atoms with Gasteiger partial charge in [0, 0.05) is 55.2 Å². The standard InChI is InChI=1S/C38H37ClN6O2/c1-23-29(6-3-8-31(23)38-43-34-18-25(20-44-13-5-14-44)17-32(39)36(34)47-38)30-7-4-9-33(24(30)2)42-37-35-27(10-12-40-37)16-26(19-41-35)21-45-15-11-28(46)22-45/h3-4,6-10,12,16-19,28,46H,5,11,13-15,20-22H2,1-2H3,(H,40,42)/t28-/m0/s1. The van der Waals surface area contributed by atoms with E-state index in [2.05, 4.69) is 82.5 Å². The molecule has 1 atom stereocenters. The molecule has 2 N–H and O–H groups in total. The van der Waals surface area contributed by atoms with Gasteiger partial charge < -0.3 is 14.8 Å². The maximum atomic E-state index is 9.91. The summed E-state index contributed by atoms with van der Waals surface area (Å²) in [6, 6.07) is 20.8. The van der Waals surface area contributed by atoms with E-state index in [1.54, 1.807) is 0 Å². The molecule has 2 saturated heterocycles. The van der Waals surface area contributed by atoms with E-state index in [1.807, 2.05) is 24.5 Å². The normalized spacial score (nSPS) is 17.1. The molecule has 238 valence electrons. The van der Waals surface area contributed by atoms with Crippen LogP contribution < -0.4 is 5.32 Å². The summed E-state index contributed by atoms with van der Waals surface area (Å²) in [7, 11) is 0. The average molecular weight is 645 g/mol. The Balaban J connectivity index is 1.08. The quantitative estimate of drug-likeness (QED) is 0.173. The highest BCUT2D eigenvalue weighted by Crippen LogP contribution is 2.38. The number of aliphatic hydroxyl groups excluding tert-OH is 1. The van der Waals surface area contributed by atoms with Gasteiger partial charge in [-0.1, -0.05) is 35.9 Å². The molecule has 6 aromatic rings. The van der Waals surface area contributed by atoms with Crippen molar-refractivity contribution in [3.8, 4) is 22.6 Å². The Hall–Kier alpha value is -4.34. The largest absolute Gasteiger partial charge is 0.434 e. The van der Waals surface area contributed by atoms with Gasteiger partial charge in [-0.25, -0.2) is 9.97 Å². The third-order valence-corrected chi connectivity index (χ3v) is 9.89. The van der Waals surface area contributed by atoms with Crippen LogP contribution in [0.25, 0.3) is 44.6 Å². The van der Waals surface area contributed by atoms with E-state index in [-0.39, 0.29) is 6.10 Å². The fourth-order valence-corrected chi connectivity index (χ4v) is 7.17. The first kappa shape index (κ1) is 30.0. The summed E-state index contributed by atoms with van der Waals surface area (Å²) in [5, 5.41) is 15.1. The fourth-order valence-electron chi connectivity index (χ4n) is 6.90. The van der Waals surface area contributed by atoms with Gasteiger partial charge in [-0.15, -0.1) is 0 Å². The average Bonchev–Trinajstić information content (AvgIpc) is 3.66. The highest BCUT2D eigenvalue weighted by Gasteiger charge is 2.21. The van der Waals surface area contributed by atoms with Crippen LogP contribution in [-0.4, -0.2) is 62.1 Å². The first-order valence-corrected chi connectivity index (χ1v) is 16.7. The van der Waals surface area contributed by atoms with E-state index in [9.17, 15) is 5.11 Å². The lowest BCUT2D eigenvalue weighted by molar-refractivity contribution is 0.172. The third-order valence-electron chi connectivity index (χ3n) is 9.61. The van der Waals surface area contributed by atoms with Crippen LogP contribution in [0.4, 0.5) is 11.5 Å². The number of β-amino-alcohol motifs (C(OH)–C–C–N with tert-alkyl or cyclic N) is 1.